The van der Waals surface area contributed by atoms with Crippen molar-refractivity contribution < 1.29 is 9.31 Å². The first-order valence-electron chi connectivity index (χ1n) is 7.49. The summed E-state index contributed by atoms with van der Waals surface area (Å²) in [5, 5.41) is 10.7. The van der Waals surface area contributed by atoms with Gasteiger partial charge < -0.3 is 5.73 Å². The van der Waals surface area contributed by atoms with E-state index in [1.54, 1.807) is 0 Å². The first-order valence-corrected chi connectivity index (χ1v) is 7.49. The molecular weight excluding hydrogens is 333 g/mol. The maximum atomic E-state index is 14.0. The highest BCUT2D eigenvalue weighted by atomic mass is 35.5. The van der Waals surface area contributed by atoms with Gasteiger partial charge in [0.1, 0.15) is 5.82 Å². The van der Waals surface area contributed by atoms with Gasteiger partial charge in [-0.3, -0.25) is 15.0 Å². The number of hydrogen-bond donors (Lipinski definition) is 1. The Morgan fingerprint density at radius 3 is 2.42 bits per heavy atom. The van der Waals surface area contributed by atoms with E-state index in [9.17, 15) is 14.5 Å². The van der Waals surface area contributed by atoms with Crippen LogP contribution in [0, 0.1) is 15.9 Å². The fraction of sp³-hybridized carbons (Fsp3) is 0.294. The number of rotatable bonds is 8. The van der Waals surface area contributed by atoms with Crippen LogP contribution in [0.25, 0.3) is 0 Å². The lowest BCUT2D eigenvalue weighted by molar-refractivity contribution is -0.385. The summed E-state index contributed by atoms with van der Waals surface area (Å²) in [4.78, 5) is 12.1. The van der Waals surface area contributed by atoms with Gasteiger partial charge in [-0.05, 0) is 18.1 Å². The zero-order chi connectivity index (χ0) is 16.7. The van der Waals surface area contributed by atoms with Gasteiger partial charge in [-0.15, -0.1) is 12.4 Å². The molecule has 24 heavy (non-hydrogen) atoms. The standard InChI is InChI=1S/C17H20FN3O2.ClH/c18-17-12-16(21(22)23)7-6-15(17)13-20(11-9-19)10-8-14-4-2-1-3-5-14;/h1-7,12H,8-11,13,19H2;1H. The van der Waals surface area contributed by atoms with Crippen LogP contribution in [0.4, 0.5) is 10.1 Å². The van der Waals surface area contributed by atoms with E-state index in [1.165, 1.54) is 17.7 Å². The molecular formula is C17H21ClFN3O2. The van der Waals surface area contributed by atoms with E-state index in [-0.39, 0.29) is 18.1 Å². The smallest absolute Gasteiger partial charge is 0.272 e. The zero-order valence-electron chi connectivity index (χ0n) is 13.2. The summed E-state index contributed by atoms with van der Waals surface area (Å²) >= 11 is 0. The third kappa shape index (κ3) is 5.88. The Morgan fingerprint density at radius 2 is 1.83 bits per heavy atom. The molecule has 0 bridgehead atoms. The van der Waals surface area contributed by atoms with Gasteiger partial charge >= 0.3 is 0 Å². The number of benzene rings is 2. The maximum Gasteiger partial charge on any atom is 0.272 e. The fourth-order valence-electron chi connectivity index (χ4n) is 2.40. The molecule has 2 rings (SSSR count). The van der Waals surface area contributed by atoms with Crippen LogP contribution in [-0.4, -0.2) is 29.5 Å². The van der Waals surface area contributed by atoms with Crippen LogP contribution in [0.1, 0.15) is 11.1 Å². The van der Waals surface area contributed by atoms with Crippen molar-refractivity contribution in [2.45, 2.75) is 13.0 Å². The van der Waals surface area contributed by atoms with Gasteiger partial charge in [0.05, 0.1) is 11.0 Å². The summed E-state index contributed by atoms with van der Waals surface area (Å²) in [7, 11) is 0. The molecule has 130 valence electrons. The Morgan fingerprint density at radius 1 is 1.12 bits per heavy atom. The lowest BCUT2D eigenvalue weighted by atomic mass is 10.1. The molecule has 0 saturated carbocycles. The Labute approximate surface area is 146 Å². The number of nitro benzene ring substituents is 1. The summed E-state index contributed by atoms with van der Waals surface area (Å²) in [6.07, 6.45) is 0.843. The normalized spacial score (nSPS) is 10.5. The molecule has 0 spiro atoms. The minimum atomic E-state index is -0.597. The van der Waals surface area contributed by atoms with Crippen molar-refractivity contribution >= 4 is 18.1 Å². The average molecular weight is 354 g/mol. The zero-order valence-corrected chi connectivity index (χ0v) is 14.0. The van der Waals surface area contributed by atoms with Gasteiger partial charge in [-0.2, -0.15) is 0 Å². The lowest BCUT2D eigenvalue weighted by Gasteiger charge is -2.22. The number of nitrogens with zero attached hydrogens (tertiary/aromatic N) is 2. The summed E-state index contributed by atoms with van der Waals surface area (Å²) in [5.41, 5.74) is 7.04. The minimum absolute atomic E-state index is 0. The van der Waals surface area contributed by atoms with Gasteiger partial charge in [0, 0.05) is 37.8 Å². The molecule has 2 aromatic rings. The summed E-state index contributed by atoms with van der Waals surface area (Å²) in [6, 6.07) is 13.8. The van der Waals surface area contributed by atoms with E-state index in [0.29, 0.717) is 25.2 Å². The third-order valence-electron chi connectivity index (χ3n) is 3.65. The number of nitrogens with two attached hydrogens (primary N) is 1. The van der Waals surface area contributed by atoms with Crippen LogP contribution in [0.2, 0.25) is 0 Å². The van der Waals surface area contributed by atoms with Gasteiger partial charge in [0.2, 0.25) is 0 Å². The first-order chi connectivity index (χ1) is 11.1. The molecule has 0 radical (unpaired) electrons. The molecule has 0 aromatic heterocycles. The van der Waals surface area contributed by atoms with Crippen molar-refractivity contribution in [2.75, 3.05) is 19.6 Å². The molecule has 7 heteroatoms. The molecule has 2 N–H and O–H groups in total. The van der Waals surface area contributed by atoms with Crippen LogP contribution in [0.15, 0.2) is 48.5 Å². The minimum Gasteiger partial charge on any atom is -0.329 e. The van der Waals surface area contributed by atoms with Crippen LogP contribution in [0.5, 0.6) is 0 Å². The number of nitro groups is 1. The quantitative estimate of drug-likeness (QED) is 0.584. The van der Waals surface area contributed by atoms with Crippen LogP contribution >= 0.6 is 12.4 Å². The van der Waals surface area contributed by atoms with E-state index in [2.05, 4.69) is 4.90 Å². The number of hydrogen-bond acceptors (Lipinski definition) is 4. The van der Waals surface area contributed by atoms with E-state index >= 15 is 0 Å². The fourth-order valence-corrected chi connectivity index (χ4v) is 2.40. The van der Waals surface area contributed by atoms with Crippen molar-refractivity contribution in [2.24, 2.45) is 5.73 Å². The van der Waals surface area contributed by atoms with Crippen molar-refractivity contribution in [3.8, 4) is 0 Å². The van der Waals surface area contributed by atoms with Crippen molar-refractivity contribution in [3.05, 3.63) is 75.6 Å². The van der Waals surface area contributed by atoms with Gasteiger partial charge in [0.15, 0.2) is 0 Å². The molecule has 0 saturated heterocycles. The molecule has 0 atom stereocenters. The van der Waals surface area contributed by atoms with E-state index < -0.39 is 10.7 Å². The van der Waals surface area contributed by atoms with Gasteiger partial charge in [-0.1, -0.05) is 30.3 Å². The van der Waals surface area contributed by atoms with E-state index in [1.807, 2.05) is 30.3 Å². The van der Waals surface area contributed by atoms with Gasteiger partial charge in [0.25, 0.3) is 5.69 Å². The lowest BCUT2D eigenvalue weighted by Crippen LogP contribution is -2.31. The largest absolute Gasteiger partial charge is 0.329 e. The van der Waals surface area contributed by atoms with Crippen LogP contribution < -0.4 is 5.73 Å². The first kappa shape index (κ1) is 20.0. The number of non-ortho nitro benzene ring substituents is 1. The molecule has 5 nitrogen and oxygen atoms in total. The maximum absolute atomic E-state index is 14.0. The molecule has 2 aromatic carbocycles. The molecule has 0 aliphatic carbocycles. The Hall–Kier alpha value is -2.02. The second-order valence-corrected chi connectivity index (χ2v) is 5.33. The monoisotopic (exact) mass is 353 g/mol. The SMILES string of the molecule is Cl.NCCN(CCc1ccccc1)Cc1ccc([N+](=O)[O-])cc1F. The molecule has 0 fully saturated rings. The highest BCUT2D eigenvalue weighted by Crippen LogP contribution is 2.18. The van der Waals surface area contributed by atoms with Gasteiger partial charge in [-0.25, -0.2) is 4.39 Å². The topological polar surface area (TPSA) is 72.4 Å². The van der Waals surface area contributed by atoms with Crippen molar-refractivity contribution in [3.63, 3.8) is 0 Å². The Kier molecular flexibility index (Phi) is 8.32. The predicted octanol–water partition coefficient (Wildman–Crippen LogP) is 3.16. The molecule has 0 unspecified atom stereocenters. The Balaban J connectivity index is 0.00000288. The van der Waals surface area contributed by atoms with Crippen LogP contribution in [-0.2, 0) is 13.0 Å². The highest BCUT2D eigenvalue weighted by Gasteiger charge is 2.13. The van der Waals surface area contributed by atoms with E-state index in [0.717, 1.165) is 19.0 Å². The molecule has 0 amide bonds. The summed E-state index contributed by atoms with van der Waals surface area (Å²) in [5.74, 6) is -0.555. The number of halogens is 2. The van der Waals surface area contributed by atoms with Crippen molar-refractivity contribution in [1.82, 2.24) is 4.90 Å². The highest BCUT2D eigenvalue weighted by molar-refractivity contribution is 5.85. The molecule has 0 aliphatic heterocycles. The molecule has 0 aliphatic rings. The van der Waals surface area contributed by atoms with Crippen LogP contribution in [0.3, 0.4) is 0 Å². The summed E-state index contributed by atoms with van der Waals surface area (Å²) < 4.78 is 14.0. The van der Waals surface area contributed by atoms with Crippen molar-refractivity contribution in [1.29, 1.82) is 0 Å². The average Bonchev–Trinajstić information content (AvgIpc) is 2.55. The second-order valence-electron chi connectivity index (χ2n) is 5.33. The third-order valence-corrected chi connectivity index (χ3v) is 3.65. The molecule has 0 heterocycles. The summed E-state index contributed by atoms with van der Waals surface area (Å²) in [6.45, 7) is 2.25. The van der Waals surface area contributed by atoms with E-state index in [4.69, 9.17) is 5.73 Å². The second kappa shape index (κ2) is 9.97. The Bertz CT molecular complexity index is 656. The predicted molar refractivity (Wildman–Crippen MR) is 94.8 cm³/mol.